The molecule has 0 saturated carbocycles. The number of benzene rings is 3. The number of carbonyl (C=O) groups is 1. The van der Waals surface area contributed by atoms with Crippen molar-refractivity contribution in [3.63, 3.8) is 0 Å². The van der Waals surface area contributed by atoms with Crippen LogP contribution in [0.3, 0.4) is 0 Å². The van der Waals surface area contributed by atoms with Gasteiger partial charge in [-0.1, -0.05) is 42.5 Å². The molecule has 136 valence electrons. The Morgan fingerprint density at radius 1 is 0.862 bits per heavy atom. The number of ketones is 1. The van der Waals surface area contributed by atoms with Gasteiger partial charge in [0.1, 0.15) is 0 Å². The highest BCUT2D eigenvalue weighted by molar-refractivity contribution is 6.21. The predicted molar refractivity (Wildman–Crippen MR) is 111 cm³/mol. The first kappa shape index (κ1) is 16.8. The Hall–Kier alpha value is -4.30. The van der Waals surface area contributed by atoms with E-state index in [1.54, 1.807) is 42.7 Å². The molecule has 0 unspecified atom stereocenters. The first-order chi connectivity index (χ1) is 14.3. The van der Waals surface area contributed by atoms with Crippen molar-refractivity contribution in [3.05, 3.63) is 102 Å². The van der Waals surface area contributed by atoms with E-state index in [1.165, 1.54) is 0 Å². The van der Waals surface area contributed by atoms with Crippen LogP contribution in [-0.4, -0.2) is 20.3 Å². The second-order valence-electron chi connectivity index (χ2n) is 6.62. The minimum atomic E-state index is -0.146. The van der Waals surface area contributed by atoms with Gasteiger partial charge in [-0.15, -0.1) is 0 Å². The highest BCUT2D eigenvalue weighted by atomic mass is 16.1. The number of fused-ring (bicyclic) bond motifs is 3. The average molecular weight is 374 g/mol. The molecule has 5 rings (SSSR count). The molecule has 5 aromatic rings. The fraction of sp³-hybridized carbons (Fsp3) is 0. The molecule has 29 heavy (non-hydrogen) atoms. The van der Waals surface area contributed by atoms with Gasteiger partial charge < -0.3 is 0 Å². The number of rotatable bonds is 3. The van der Waals surface area contributed by atoms with Gasteiger partial charge in [0.05, 0.1) is 22.7 Å². The zero-order valence-corrected chi connectivity index (χ0v) is 15.3. The summed E-state index contributed by atoms with van der Waals surface area (Å²) >= 11 is 0. The summed E-state index contributed by atoms with van der Waals surface area (Å²) in [6.07, 6.45) is 3.37. The number of hydrogen-bond donors (Lipinski definition) is 0. The Labute approximate surface area is 166 Å². The van der Waals surface area contributed by atoms with Crippen LogP contribution in [0.2, 0.25) is 0 Å². The van der Waals surface area contributed by atoms with Crippen molar-refractivity contribution >= 4 is 27.6 Å². The lowest BCUT2D eigenvalue weighted by Gasteiger charge is -2.09. The normalized spacial score (nSPS) is 10.9. The Balaban J connectivity index is 1.86. The molecule has 0 fully saturated rings. The summed E-state index contributed by atoms with van der Waals surface area (Å²) in [6, 6.07) is 24.3. The van der Waals surface area contributed by atoms with Gasteiger partial charge in [-0.25, -0.2) is 9.97 Å². The Kier molecular flexibility index (Phi) is 3.89. The summed E-state index contributed by atoms with van der Waals surface area (Å²) in [6.45, 7) is 0. The summed E-state index contributed by atoms with van der Waals surface area (Å²) in [4.78, 5) is 22.3. The summed E-state index contributed by atoms with van der Waals surface area (Å²) in [5.41, 5.74) is 3.16. The first-order valence-corrected chi connectivity index (χ1v) is 9.12. The van der Waals surface area contributed by atoms with E-state index in [0.717, 1.165) is 21.8 Å². The van der Waals surface area contributed by atoms with Crippen LogP contribution in [0.25, 0.3) is 27.8 Å². The van der Waals surface area contributed by atoms with Gasteiger partial charge in [0.15, 0.2) is 5.78 Å². The molecular formula is C24H14N4O. The lowest BCUT2D eigenvalue weighted by atomic mass is 9.99. The molecule has 0 N–H and O–H groups in total. The number of nitrogens with zero attached hydrogens (tertiary/aromatic N) is 4. The van der Waals surface area contributed by atoms with Crippen LogP contribution < -0.4 is 0 Å². The van der Waals surface area contributed by atoms with E-state index in [0.29, 0.717) is 22.6 Å². The molecule has 0 saturated heterocycles. The van der Waals surface area contributed by atoms with E-state index < -0.39 is 0 Å². The molecule has 0 bridgehead atoms. The van der Waals surface area contributed by atoms with E-state index in [9.17, 15) is 10.1 Å². The topological polar surface area (TPSA) is 71.6 Å². The zero-order chi connectivity index (χ0) is 19.8. The number of nitriles is 1. The lowest BCUT2D eigenvalue weighted by Crippen LogP contribution is -2.07. The van der Waals surface area contributed by atoms with E-state index in [1.807, 2.05) is 47.0 Å². The SMILES string of the molecule is N#Cc1cccc(C(=O)c2cccc3c4ccccc4n(-c4ncccn4)c23)c1. The van der Waals surface area contributed by atoms with Gasteiger partial charge in [0.25, 0.3) is 0 Å². The van der Waals surface area contributed by atoms with Crippen LogP contribution in [0, 0.1) is 11.3 Å². The monoisotopic (exact) mass is 374 g/mol. The smallest absolute Gasteiger partial charge is 0.234 e. The van der Waals surface area contributed by atoms with Crippen LogP contribution in [0.5, 0.6) is 0 Å². The van der Waals surface area contributed by atoms with Crippen molar-refractivity contribution in [2.75, 3.05) is 0 Å². The van der Waals surface area contributed by atoms with Gasteiger partial charge >= 0.3 is 0 Å². The van der Waals surface area contributed by atoms with Gasteiger partial charge in [-0.05, 0) is 30.3 Å². The number of carbonyl (C=O) groups excluding carboxylic acids is 1. The summed E-state index contributed by atoms with van der Waals surface area (Å²) in [5, 5.41) is 11.2. The summed E-state index contributed by atoms with van der Waals surface area (Å²) in [5.74, 6) is 0.359. The summed E-state index contributed by atoms with van der Waals surface area (Å²) in [7, 11) is 0. The Morgan fingerprint density at radius 3 is 2.45 bits per heavy atom. The molecule has 0 aliphatic carbocycles. The molecule has 5 heteroatoms. The van der Waals surface area contributed by atoms with E-state index in [2.05, 4.69) is 16.0 Å². The largest absolute Gasteiger partial charge is 0.289 e. The first-order valence-electron chi connectivity index (χ1n) is 9.12. The number of hydrogen-bond acceptors (Lipinski definition) is 4. The van der Waals surface area contributed by atoms with E-state index in [-0.39, 0.29) is 5.78 Å². The van der Waals surface area contributed by atoms with Crippen LogP contribution in [-0.2, 0) is 0 Å². The van der Waals surface area contributed by atoms with Crippen molar-refractivity contribution in [2.24, 2.45) is 0 Å². The van der Waals surface area contributed by atoms with Crippen LogP contribution >= 0.6 is 0 Å². The van der Waals surface area contributed by atoms with Crippen molar-refractivity contribution in [2.45, 2.75) is 0 Å². The van der Waals surface area contributed by atoms with E-state index in [4.69, 9.17) is 0 Å². The molecule has 3 aromatic carbocycles. The second kappa shape index (κ2) is 6.70. The number of para-hydroxylation sites is 2. The fourth-order valence-electron chi connectivity index (χ4n) is 3.70. The van der Waals surface area contributed by atoms with Crippen molar-refractivity contribution < 1.29 is 4.79 Å². The average Bonchev–Trinajstić information content (AvgIpc) is 3.14. The third-order valence-electron chi connectivity index (χ3n) is 4.95. The van der Waals surface area contributed by atoms with Crippen LogP contribution in [0.15, 0.2) is 85.2 Å². The molecule has 2 heterocycles. The second-order valence-corrected chi connectivity index (χ2v) is 6.62. The molecule has 0 amide bonds. The summed E-state index contributed by atoms with van der Waals surface area (Å²) < 4.78 is 1.92. The highest BCUT2D eigenvalue weighted by Crippen LogP contribution is 2.33. The third kappa shape index (κ3) is 2.67. The maximum atomic E-state index is 13.4. The quantitative estimate of drug-likeness (QED) is 0.430. The van der Waals surface area contributed by atoms with Gasteiger partial charge in [-0.3, -0.25) is 9.36 Å². The minimum absolute atomic E-state index is 0.146. The fourth-order valence-corrected chi connectivity index (χ4v) is 3.70. The molecule has 0 atom stereocenters. The highest BCUT2D eigenvalue weighted by Gasteiger charge is 2.20. The van der Waals surface area contributed by atoms with Gasteiger partial charge in [-0.2, -0.15) is 5.26 Å². The molecular weight excluding hydrogens is 360 g/mol. The Morgan fingerprint density at radius 2 is 1.62 bits per heavy atom. The van der Waals surface area contributed by atoms with Crippen molar-refractivity contribution in [1.29, 1.82) is 5.26 Å². The molecule has 0 radical (unpaired) electrons. The predicted octanol–water partition coefficient (Wildman–Crippen LogP) is 4.68. The lowest BCUT2D eigenvalue weighted by molar-refractivity contribution is 0.104. The molecule has 0 aliphatic rings. The van der Waals surface area contributed by atoms with E-state index >= 15 is 0 Å². The molecule has 0 aliphatic heterocycles. The zero-order valence-electron chi connectivity index (χ0n) is 15.3. The number of aromatic nitrogens is 3. The maximum Gasteiger partial charge on any atom is 0.234 e. The maximum absolute atomic E-state index is 13.4. The molecule has 0 spiro atoms. The van der Waals surface area contributed by atoms with Crippen LogP contribution in [0.4, 0.5) is 0 Å². The third-order valence-corrected chi connectivity index (χ3v) is 4.95. The van der Waals surface area contributed by atoms with Gasteiger partial charge in [0, 0.05) is 34.3 Å². The minimum Gasteiger partial charge on any atom is -0.289 e. The van der Waals surface area contributed by atoms with Gasteiger partial charge in [0.2, 0.25) is 5.95 Å². The standard InChI is InChI=1S/C24H14N4O/c25-15-16-6-3-7-17(14-16)23(29)20-10-4-9-19-18-8-1-2-11-21(18)28(22(19)20)24-26-12-5-13-27-24/h1-14H. The Bertz CT molecular complexity index is 1430. The van der Waals surface area contributed by atoms with Crippen molar-refractivity contribution in [3.8, 4) is 12.0 Å². The van der Waals surface area contributed by atoms with Crippen molar-refractivity contribution in [1.82, 2.24) is 14.5 Å². The molecule has 2 aromatic heterocycles. The van der Waals surface area contributed by atoms with Crippen LogP contribution in [0.1, 0.15) is 21.5 Å². The molecule has 5 nitrogen and oxygen atoms in total.